The monoisotopic (exact) mass is 281 g/mol. The van der Waals surface area contributed by atoms with Gasteiger partial charge in [0.2, 0.25) is 5.91 Å². The van der Waals surface area contributed by atoms with Gasteiger partial charge in [0, 0.05) is 6.42 Å². The van der Waals surface area contributed by atoms with Gasteiger partial charge < -0.3 is 10.4 Å². The summed E-state index contributed by atoms with van der Waals surface area (Å²) < 4.78 is 0. The number of nitrogens with one attached hydrogen (secondary N) is 2. The smallest absolute Gasteiger partial charge is 0.310 e. The Morgan fingerprint density at radius 2 is 1.95 bits per heavy atom. The fraction of sp³-hybridized carbons (Fsp3) is 0.750. The van der Waals surface area contributed by atoms with Crippen LogP contribution in [0, 0.1) is 5.41 Å². The quantitative estimate of drug-likeness (QED) is 0.681. The van der Waals surface area contributed by atoms with E-state index in [4.69, 9.17) is 0 Å². The minimum Gasteiger partial charge on any atom is -0.481 e. The number of amides is 1. The molecule has 0 aliphatic heterocycles. The highest BCUT2D eigenvalue weighted by Crippen LogP contribution is 2.38. The standard InChI is InChI=1S/C12H19N5O3/c18-10(13-8-9-14-16-17-15-9)7-12(11(19)20)5-3-1-2-4-6-12/h1-8H2,(H,13,18)(H,19,20)(H,14,15,16,17). The number of hydrogen-bond donors (Lipinski definition) is 3. The predicted molar refractivity (Wildman–Crippen MR) is 68.4 cm³/mol. The minimum atomic E-state index is -0.919. The van der Waals surface area contributed by atoms with Crippen molar-refractivity contribution in [1.82, 2.24) is 25.9 Å². The molecule has 0 saturated heterocycles. The fourth-order valence-corrected chi connectivity index (χ4v) is 2.68. The van der Waals surface area contributed by atoms with E-state index in [-0.39, 0.29) is 18.9 Å². The number of H-pyrrole nitrogens is 1. The van der Waals surface area contributed by atoms with Crippen LogP contribution in [0.3, 0.4) is 0 Å². The van der Waals surface area contributed by atoms with Crippen molar-refractivity contribution in [2.75, 3.05) is 0 Å². The summed E-state index contributed by atoms with van der Waals surface area (Å²) in [5.74, 6) is -0.767. The second kappa shape index (κ2) is 6.44. The van der Waals surface area contributed by atoms with Crippen LogP contribution in [0.25, 0.3) is 0 Å². The molecule has 0 radical (unpaired) electrons. The van der Waals surface area contributed by atoms with Crippen LogP contribution < -0.4 is 5.32 Å². The summed E-state index contributed by atoms with van der Waals surface area (Å²) in [4.78, 5) is 23.5. The van der Waals surface area contributed by atoms with Gasteiger partial charge in [-0.2, -0.15) is 5.21 Å². The molecule has 20 heavy (non-hydrogen) atoms. The molecule has 8 heteroatoms. The molecule has 3 N–H and O–H groups in total. The molecule has 0 atom stereocenters. The maximum absolute atomic E-state index is 12.0. The van der Waals surface area contributed by atoms with Crippen molar-refractivity contribution in [2.24, 2.45) is 5.41 Å². The number of carboxylic acid groups (broad SMARTS) is 1. The molecule has 1 amide bonds. The number of carbonyl (C=O) groups is 2. The summed E-state index contributed by atoms with van der Waals surface area (Å²) in [7, 11) is 0. The number of aromatic nitrogens is 4. The highest BCUT2D eigenvalue weighted by Gasteiger charge is 2.40. The molecule has 1 aliphatic rings. The number of hydrogen-bond acceptors (Lipinski definition) is 5. The Kier molecular flexibility index (Phi) is 4.65. The van der Waals surface area contributed by atoms with Gasteiger partial charge in [-0.15, -0.1) is 10.2 Å². The number of rotatable bonds is 5. The highest BCUT2D eigenvalue weighted by atomic mass is 16.4. The first-order valence-corrected chi connectivity index (χ1v) is 6.85. The van der Waals surface area contributed by atoms with Gasteiger partial charge in [-0.3, -0.25) is 9.59 Å². The average Bonchev–Trinajstić information content (AvgIpc) is 2.82. The lowest BCUT2D eigenvalue weighted by atomic mass is 9.77. The largest absolute Gasteiger partial charge is 0.481 e. The Morgan fingerprint density at radius 1 is 1.25 bits per heavy atom. The van der Waals surface area contributed by atoms with Gasteiger partial charge in [-0.25, -0.2) is 0 Å². The van der Waals surface area contributed by atoms with E-state index in [2.05, 4.69) is 25.9 Å². The summed E-state index contributed by atoms with van der Waals surface area (Å²) in [5.41, 5.74) is -0.919. The molecule has 1 aromatic rings. The Labute approximate surface area is 116 Å². The third-order valence-corrected chi connectivity index (χ3v) is 3.85. The van der Waals surface area contributed by atoms with Gasteiger partial charge in [0.25, 0.3) is 0 Å². The van der Waals surface area contributed by atoms with Crippen LogP contribution >= 0.6 is 0 Å². The van der Waals surface area contributed by atoms with Crippen molar-refractivity contribution in [3.05, 3.63) is 5.82 Å². The Morgan fingerprint density at radius 3 is 2.50 bits per heavy atom. The van der Waals surface area contributed by atoms with E-state index in [0.717, 1.165) is 25.7 Å². The van der Waals surface area contributed by atoms with E-state index in [1.54, 1.807) is 0 Å². The summed E-state index contributed by atoms with van der Waals surface area (Å²) in [5, 5.41) is 25.3. The molecule has 110 valence electrons. The first-order valence-electron chi connectivity index (χ1n) is 6.85. The van der Waals surface area contributed by atoms with Crippen LogP contribution in [0.5, 0.6) is 0 Å². The predicted octanol–water partition coefficient (Wildman–Crippen LogP) is 0.631. The van der Waals surface area contributed by atoms with E-state index < -0.39 is 11.4 Å². The number of nitrogens with zero attached hydrogens (tertiary/aromatic N) is 3. The average molecular weight is 281 g/mol. The lowest BCUT2D eigenvalue weighted by molar-refractivity contribution is -0.152. The van der Waals surface area contributed by atoms with Gasteiger partial charge in [-0.05, 0) is 12.8 Å². The third kappa shape index (κ3) is 3.52. The van der Waals surface area contributed by atoms with Crippen LogP contribution in [0.2, 0.25) is 0 Å². The van der Waals surface area contributed by atoms with Crippen LogP contribution in [0.15, 0.2) is 0 Å². The van der Waals surface area contributed by atoms with Crippen molar-refractivity contribution in [3.63, 3.8) is 0 Å². The van der Waals surface area contributed by atoms with Crippen molar-refractivity contribution in [3.8, 4) is 0 Å². The Hall–Kier alpha value is -1.99. The molecule has 0 spiro atoms. The number of aliphatic carboxylic acids is 1. The maximum Gasteiger partial charge on any atom is 0.310 e. The van der Waals surface area contributed by atoms with Gasteiger partial charge in [-0.1, -0.05) is 30.9 Å². The van der Waals surface area contributed by atoms with E-state index >= 15 is 0 Å². The van der Waals surface area contributed by atoms with Gasteiger partial charge >= 0.3 is 5.97 Å². The second-order valence-corrected chi connectivity index (χ2v) is 5.28. The first kappa shape index (κ1) is 14.4. The fourth-order valence-electron chi connectivity index (χ4n) is 2.68. The summed E-state index contributed by atoms with van der Waals surface area (Å²) in [6.45, 7) is 0.158. The number of aromatic amines is 1. The van der Waals surface area contributed by atoms with E-state index in [1.807, 2.05) is 0 Å². The minimum absolute atomic E-state index is 0.0141. The zero-order valence-corrected chi connectivity index (χ0v) is 11.3. The molecular formula is C12H19N5O3. The van der Waals surface area contributed by atoms with Gasteiger partial charge in [0.15, 0.2) is 5.82 Å². The van der Waals surface area contributed by atoms with Crippen LogP contribution in [-0.4, -0.2) is 37.6 Å². The Bertz CT molecular complexity index is 452. The van der Waals surface area contributed by atoms with E-state index in [9.17, 15) is 14.7 Å². The molecule has 0 aromatic carbocycles. The van der Waals surface area contributed by atoms with Crippen molar-refractivity contribution in [2.45, 2.75) is 51.5 Å². The first-order chi connectivity index (χ1) is 9.62. The van der Waals surface area contributed by atoms with Gasteiger partial charge in [0.1, 0.15) is 0 Å². The second-order valence-electron chi connectivity index (χ2n) is 5.28. The topological polar surface area (TPSA) is 121 Å². The lowest BCUT2D eigenvalue weighted by Gasteiger charge is -2.27. The number of carbonyl (C=O) groups excluding carboxylic acids is 1. The van der Waals surface area contributed by atoms with E-state index in [0.29, 0.717) is 18.7 Å². The van der Waals surface area contributed by atoms with Crippen molar-refractivity contribution >= 4 is 11.9 Å². The number of carboxylic acids is 1. The summed E-state index contributed by atoms with van der Waals surface area (Å²) in [6, 6.07) is 0. The summed E-state index contributed by atoms with van der Waals surface area (Å²) >= 11 is 0. The number of tetrazole rings is 1. The maximum atomic E-state index is 12.0. The zero-order chi connectivity index (χ0) is 14.4. The molecule has 1 aromatic heterocycles. The molecular weight excluding hydrogens is 262 g/mol. The van der Waals surface area contributed by atoms with Crippen molar-refractivity contribution < 1.29 is 14.7 Å². The van der Waals surface area contributed by atoms with Crippen molar-refractivity contribution in [1.29, 1.82) is 0 Å². The zero-order valence-electron chi connectivity index (χ0n) is 11.3. The molecule has 1 heterocycles. The molecule has 0 unspecified atom stereocenters. The SMILES string of the molecule is O=C(CC1(C(=O)O)CCCCCC1)NCc1nn[nH]n1. The molecule has 0 bridgehead atoms. The van der Waals surface area contributed by atoms with Crippen LogP contribution in [0.1, 0.15) is 50.8 Å². The van der Waals surface area contributed by atoms with Crippen LogP contribution in [0.4, 0.5) is 0 Å². The van der Waals surface area contributed by atoms with Gasteiger partial charge in [0.05, 0.1) is 12.0 Å². The summed E-state index contributed by atoms with van der Waals surface area (Å²) in [6.07, 6.45) is 4.96. The highest BCUT2D eigenvalue weighted by molar-refractivity contribution is 5.84. The lowest BCUT2D eigenvalue weighted by Crippen LogP contribution is -2.37. The van der Waals surface area contributed by atoms with E-state index in [1.165, 1.54) is 0 Å². The molecule has 1 aliphatic carbocycles. The molecule has 1 saturated carbocycles. The normalized spacial score (nSPS) is 18.2. The molecule has 1 fully saturated rings. The molecule has 2 rings (SSSR count). The Balaban J connectivity index is 1.93. The van der Waals surface area contributed by atoms with Crippen LogP contribution in [-0.2, 0) is 16.1 Å². The molecule has 8 nitrogen and oxygen atoms in total. The third-order valence-electron chi connectivity index (χ3n) is 3.85.